The highest BCUT2D eigenvalue weighted by Crippen LogP contribution is 2.27. The van der Waals surface area contributed by atoms with Gasteiger partial charge in [0.25, 0.3) is 5.91 Å². The van der Waals surface area contributed by atoms with Crippen molar-refractivity contribution < 1.29 is 13.2 Å². The van der Waals surface area contributed by atoms with Gasteiger partial charge in [0, 0.05) is 36.5 Å². The molecule has 4 heterocycles. The molecule has 1 amide bonds. The van der Waals surface area contributed by atoms with Gasteiger partial charge in [0.05, 0.1) is 34.9 Å². The molecule has 1 aliphatic heterocycles. The van der Waals surface area contributed by atoms with Gasteiger partial charge in [-0.25, -0.2) is 18.4 Å². The zero-order chi connectivity index (χ0) is 27.6. The van der Waals surface area contributed by atoms with E-state index in [0.717, 1.165) is 41.2 Å². The van der Waals surface area contributed by atoms with Crippen LogP contribution < -0.4 is 10.2 Å². The minimum absolute atomic E-state index is 0.109. The first-order valence-corrected chi connectivity index (χ1v) is 15.2. The third-order valence-electron chi connectivity index (χ3n) is 6.87. The highest BCUT2D eigenvalue weighted by Gasteiger charge is 2.23. The molecule has 1 fully saturated rings. The van der Waals surface area contributed by atoms with Gasteiger partial charge in [-0.1, -0.05) is 32.0 Å². The van der Waals surface area contributed by atoms with Gasteiger partial charge in [-0.2, -0.15) is 0 Å². The number of aromatic nitrogens is 3. The van der Waals surface area contributed by atoms with Crippen molar-refractivity contribution in [3.63, 3.8) is 0 Å². The molecule has 1 saturated heterocycles. The van der Waals surface area contributed by atoms with E-state index in [1.807, 2.05) is 30.3 Å². The lowest BCUT2D eigenvalue weighted by Crippen LogP contribution is -2.39. The maximum absolute atomic E-state index is 12.7. The number of piperidine rings is 1. The molecule has 4 aromatic rings. The van der Waals surface area contributed by atoms with Gasteiger partial charge in [-0.05, 0) is 66.3 Å². The maximum atomic E-state index is 12.7. The summed E-state index contributed by atoms with van der Waals surface area (Å²) in [5, 5.41) is 3.77. The van der Waals surface area contributed by atoms with Crippen LogP contribution in [0.3, 0.4) is 0 Å². The summed E-state index contributed by atoms with van der Waals surface area (Å²) >= 11 is 0. The molecule has 202 valence electrons. The first-order chi connectivity index (χ1) is 18.6. The molecule has 9 heteroatoms. The SMILES string of the molecule is C[C@@H]1C[C@H](C)CN(c2cccc(-c3ccc4cnc(CNC(=O)c5cccc(CS(C)(=O)=O)c5)cc4n3)n2)C1. The summed E-state index contributed by atoms with van der Waals surface area (Å²) in [6.45, 7) is 6.82. The van der Waals surface area contributed by atoms with Gasteiger partial charge < -0.3 is 10.2 Å². The van der Waals surface area contributed by atoms with Crippen molar-refractivity contribution in [3.05, 3.63) is 83.7 Å². The smallest absolute Gasteiger partial charge is 0.251 e. The predicted molar refractivity (Wildman–Crippen MR) is 154 cm³/mol. The summed E-state index contributed by atoms with van der Waals surface area (Å²) in [5.74, 6) is 1.85. The highest BCUT2D eigenvalue weighted by atomic mass is 32.2. The van der Waals surface area contributed by atoms with E-state index in [-0.39, 0.29) is 18.2 Å². The van der Waals surface area contributed by atoms with Crippen molar-refractivity contribution in [2.75, 3.05) is 24.2 Å². The minimum atomic E-state index is -3.19. The number of carbonyl (C=O) groups is 1. The molecule has 2 atom stereocenters. The third-order valence-corrected chi connectivity index (χ3v) is 7.73. The Hall–Kier alpha value is -3.85. The van der Waals surface area contributed by atoms with Crippen LogP contribution in [-0.2, 0) is 22.1 Å². The molecule has 0 unspecified atom stereocenters. The Kier molecular flexibility index (Phi) is 7.61. The van der Waals surface area contributed by atoms with Crippen LogP contribution in [0, 0.1) is 11.8 Å². The van der Waals surface area contributed by atoms with Crippen molar-refractivity contribution in [1.29, 1.82) is 0 Å². The van der Waals surface area contributed by atoms with Crippen LogP contribution in [0.25, 0.3) is 22.3 Å². The molecular weight excluding hydrogens is 510 g/mol. The molecule has 0 spiro atoms. The molecule has 0 radical (unpaired) electrons. The number of amides is 1. The average Bonchev–Trinajstić information content (AvgIpc) is 2.90. The first kappa shape index (κ1) is 26.7. The predicted octanol–water partition coefficient (Wildman–Crippen LogP) is 4.65. The van der Waals surface area contributed by atoms with Crippen LogP contribution >= 0.6 is 0 Å². The molecule has 1 N–H and O–H groups in total. The Morgan fingerprint density at radius 3 is 2.49 bits per heavy atom. The number of hydrogen-bond acceptors (Lipinski definition) is 7. The van der Waals surface area contributed by atoms with Crippen LogP contribution in [0.15, 0.2) is 66.9 Å². The van der Waals surface area contributed by atoms with Gasteiger partial charge in [0.1, 0.15) is 5.82 Å². The number of nitrogens with one attached hydrogen (secondary N) is 1. The molecule has 0 saturated carbocycles. The van der Waals surface area contributed by atoms with Gasteiger partial charge >= 0.3 is 0 Å². The van der Waals surface area contributed by atoms with Crippen LogP contribution in [0.1, 0.15) is 41.9 Å². The van der Waals surface area contributed by atoms with E-state index in [0.29, 0.717) is 28.7 Å². The Morgan fingerprint density at radius 1 is 0.974 bits per heavy atom. The quantitative estimate of drug-likeness (QED) is 0.362. The number of sulfone groups is 1. The number of fused-ring (bicyclic) bond motifs is 1. The summed E-state index contributed by atoms with van der Waals surface area (Å²) < 4.78 is 23.2. The molecule has 8 nitrogen and oxygen atoms in total. The molecular formula is C30H33N5O3S. The Morgan fingerprint density at radius 2 is 1.72 bits per heavy atom. The average molecular weight is 544 g/mol. The van der Waals surface area contributed by atoms with E-state index in [2.05, 4.69) is 35.1 Å². The van der Waals surface area contributed by atoms with Crippen LogP contribution in [0.2, 0.25) is 0 Å². The molecule has 0 aliphatic carbocycles. The maximum Gasteiger partial charge on any atom is 0.251 e. The summed E-state index contributed by atoms with van der Waals surface area (Å²) in [4.78, 5) is 29.4. The van der Waals surface area contributed by atoms with Crippen molar-refractivity contribution in [2.24, 2.45) is 11.8 Å². The van der Waals surface area contributed by atoms with Crippen molar-refractivity contribution >= 4 is 32.5 Å². The van der Waals surface area contributed by atoms with E-state index in [1.54, 1.807) is 30.5 Å². The standard InChI is InChI=1S/C30H33N5O3S/c1-20-12-21(2)18-35(17-20)29-9-5-8-26(34-29)27-11-10-24-15-31-25(14-28(24)33-27)16-32-30(36)23-7-4-6-22(13-23)19-39(3,37)38/h4-11,13-15,20-21H,12,16-19H2,1-3H3,(H,32,36)/t20-,21+. The van der Waals surface area contributed by atoms with Gasteiger partial charge in [0.2, 0.25) is 0 Å². The number of anilines is 1. The van der Waals surface area contributed by atoms with E-state index < -0.39 is 9.84 Å². The second-order valence-corrected chi connectivity index (χ2v) is 12.9. The number of hydrogen-bond donors (Lipinski definition) is 1. The first-order valence-electron chi connectivity index (χ1n) is 13.2. The number of rotatable bonds is 7. The number of benzene rings is 1. The van der Waals surface area contributed by atoms with Crippen molar-refractivity contribution in [1.82, 2.24) is 20.3 Å². The van der Waals surface area contributed by atoms with Gasteiger partial charge in [0.15, 0.2) is 9.84 Å². The second kappa shape index (κ2) is 11.1. The van der Waals surface area contributed by atoms with Gasteiger partial charge in [-0.3, -0.25) is 9.78 Å². The topological polar surface area (TPSA) is 105 Å². The molecule has 3 aromatic heterocycles. The van der Waals surface area contributed by atoms with Crippen LogP contribution in [0.4, 0.5) is 5.82 Å². The zero-order valence-corrected chi connectivity index (χ0v) is 23.3. The fraction of sp³-hybridized carbons (Fsp3) is 0.333. The fourth-order valence-corrected chi connectivity index (χ4v) is 6.05. The molecule has 5 rings (SSSR count). The number of pyridine rings is 3. The fourth-order valence-electron chi connectivity index (χ4n) is 5.27. The Balaban J connectivity index is 1.31. The van der Waals surface area contributed by atoms with Crippen molar-refractivity contribution in [3.8, 4) is 11.4 Å². The molecule has 1 aliphatic rings. The number of nitrogens with zero attached hydrogens (tertiary/aromatic N) is 4. The monoisotopic (exact) mass is 543 g/mol. The number of carbonyl (C=O) groups excluding carboxylic acids is 1. The molecule has 1 aromatic carbocycles. The molecule has 39 heavy (non-hydrogen) atoms. The third kappa shape index (κ3) is 6.78. The highest BCUT2D eigenvalue weighted by molar-refractivity contribution is 7.89. The lowest BCUT2D eigenvalue weighted by atomic mass is 9.92. The van der Waals surface area contributed by atoms with Crippen LogP contribution in [0.5, 0.6) is 0 Å². The molecule has 0 bridgehead atoms. The van der Waals surface area contributed by atoms with E-state index in [1.165, 1.54) is 12.7 Å². The minimum Gasteiger partial charge on any atom is -0.356 e. The lowest BCUT2D eigenvalue weighted by Gasteiger charge is -2.35. The summed E-state index contributed by atoms with van der Waals surface area (Å²) in [6, 6.07) is 18.5. The van der Waals surface area contributed by atoms with E-state index in [4.69, 9.17) is 9.97 Å². The Labute approximate surface area is 229 Å². The Bertz CT molecular complexity index is 1610. The van der Waals surface area contributed by atoms with E-state index in [9.17, 15) is 13.2 Å². The van der Waals surface area contributed by atoms with Crippen LogP contribution in [-0.4, -0.2) is 48.6 Å². The van der Waals surface area contributed by atoms with Gasteiger partial charge in [-0.15, -0.1) is 0 Å². The second-order valence-electron chi connectivity index (χ2n) is 10.8. The summed E-state index contributed by atoms with van der Waals surface area (Å²) in [7, 11) is -3.19. The van der Waals surface area contributed by atoms with Crippen molar-refractivity contribution in [2.45, 2.75) is 32.6 Å². The summed E-state index contributed by atoms with van der Waals surface area (Å²) in [5.41, 5.74) is 4.03. The summed E-state index contributed by atoms with van der Waals surface area (Å²) in [6.07, 6.45) is 4.17. The largest absolute Gasteiger partial charge is 0.356 e. The lowest BCUT2D eigenvalue weighted by molar-refractivity contribution is 0.0950. The van der Waals surface area contributed by atoms with E-state index >= 15 is 0 Å². The zero-order valence-electron chi connectivity index (χ0n) is 22.5. The normalized spacial score (nSPS) is 17.8.